The summed E-state index contributed by atoms with van der Waals surface area (Å²) in [7, 11) is 0. The summed E-state index contributed by atoms with van der Waals surface area (Å²) in [6, 6.07) is 13.2. The standard InChI is InChI=1S/C27H29FN2O6.C3H8/c28-16-24(31)21(15-26(33)36-18-9-3-1-2-4-10-18)29-25(32)17-35-27(34)30-22-13-7-5-11-19(22)20-12-6-8-14-23(20)30;1-3-2/h5-8,11-14,18,21H,1-4,9-10,15-17H2,(H,29,32);3H2,1-2H3. The van der Waals surface area contributed by atoms with Gasteiger partial charge in [0.25, 0.3) is 5.91 Å². The SMILES string of the molecule is CCC.O=C(COC(=O)n1c2ccccc2c2ccccc21)NC(CC(=O)OC1CCCCCC1)C(=O)CF. The van der Waals surface area contributed by atoms with Crippen LogP contribution in [-0.2, 0) is 23.9 Å². The number of esters is 1. The van der Waals surface area contributed by atoms with Gasteiger partial charge in [-0.25, -0.2) is 13.8 Å². The van der Waals surface area contributed by atoms with Gasteiger partial charge in [-0.1, -0.05) is 69.5 Å². The van der Waals surface area contributed by atoms with E-state index in [0.717, 1.165) is 49.3 Å². The number of benzene rings is 2. The van der Waals surface area contributed by atoms with Crippen LogP contribution in [0.15, 0.2) is 48.5 Å². The quantitative estimate of drug-likeness (QED) is 0.283. The zero-order valence-electron chi connectivity index (χ0n) is 22.6. The predicted molar refractivity (Wildman–Crippen MR) is 147 cm³/mol. The van der Waals surface area contributed by atoms with Crippen LogP contribution in [0, 0.1) is 0 Å². The Morgan fingerprint density at radius 2 is 1.46 bits per heavy atom. The highest BCUT2D eigenvalue weighted by Crippen LogP contribution is 2.28. The monoisotopic (exact) mass is 540 g/mol. The third kappa shape index (κ3) is 8.12. The Kier molecular flexibility index (Phi) is 11.5. The Balaban J connectivity index is 0.00000134. The van der Waals surface area contributed by atoms with E-state index in [1.165, 1.54) is 11.0 Å². The highest BCUT2D eigenvalue weighted by Gasteiger charge is 2.27. The molecule has 1 saturated carbocycles. The van der Waals surface area contributed by atoms with E-state index >= 15 is 0 Å². The molecule has 0 saturated heterocycles. The summed E-state index contributed by atoms with van der Waals surface area (Å²) in [5.74, 6) is -2.44. The molecule has 1 aliphatic rings. The number of halogens is 1. The number of rotatable bonds is 8. The van der Waals surface area contributed by atoms with Gasteiger partial charge in [0.05, 0.1) is 17.5 Å². The highest BCUT2D eigenvalue weighted by atomic mass is 19.1. The number of ketones is 1. The largest absolute Gasteiger partial charge is 0.462 e. The molecule has 2 aromatic carbocycles. The number of para-hydroxylation sites is 2. The third-order valence-electron chi connectivity index (χ3n) is 6.42. The number of ether oxygens (including phenoxy) is 2. The third-order valence-corrected chi connectivity index (χ3v) is 6.42. The van der Waals surface area contributed by atoms with Gasteiger partial charge in [0.1, 0.15) is 18.8 Å². The van der Waals surface area contributed by atoms with Crippen LogP contribution < -0.4 is 5.32 Å². The molecule has 4 rings (SSSR count). The minimum Gasteiger partial charge on any atom is -0.462 e. The number of alkyl halides is 1. The maximum Gasteiger partial charge on any atom is 0.419 e. The minimum absolute atomic E-state index is 0.232. The molecule has 1 N–H and O–H groups in total. The number of hydrogen-bond acceptors (Lipinski definition) is 6. The van der Waals surface area contributed by atoms with Crippen molar-refractivity contribution >= 4 is 45.6 Å². The van der Waals surface area contributed by atoms with Crippen molar-refractivity contribution in [3.05, 3.63) is 48.5 Å². The van der Waals surface area contributed by atoms with Crippen molar-refractivity contribution in [3.8, 4) is 0 Å². The van der Waals surface area contributed by atoms with Crippen molar-refractivity contribution in [2.24, 2.45) is 0 Å². The number of hydrogen-bond donors (Lipinski definition) is 1. The molecule has 1 atom stereocenters. The Hall–Kier alpha value is -3.75. The second-order valence-corrected chi connectivity index (χ2v) is 9.66. The molecule has 39 heavy (non-hydrogen) atoms. The minimum atomic E-state index is -1.40. The summed E-state index contributed by atoms with van der Waals surface area (Å²) in [5, 5.41) is 4.02. The van der Waals surface area contributed by atoms with Crippen molar-refractivity contribution in [1.29, 1.82) is 0 Å². The molecule has 1 heterocycles. The Bertz CT molecular complexity index is 1230. The maximum atomic E-state index is 13.1. The smallest absolute Gasteiger partial charge is 0.419 e. The first-order valence-corrected chi connectivity index (χ1v) is 13.6. The second-order valence-electron chi connectivity index (χ2n) is 9.66. The van der Waals surface area contributed by atoms with Gasteiger partial charge in [-0.2, -0.15) is 0 Å². The number of carbonyl (C=O) groups is 4. The topological polar surface area (TPSA) is 104 Å². The molecule has 9 heteroatoms. The van der Waals surface area contributed by atoms with Crippen molar-refractivity contribution < 1.29 is 33.0 Å². The number of Topliss-reactive ketones (excluding diaryl/α,β-unsaturated/α-hetero) is 1. The summed E-state index contributed by atoms with van der Waals surface area (Å²) >= 11 is 0. The van der Waals surface area contributed by atoms with Crippen molar-refractivity contribution in [2.75, 3.05) is 13.3 Å². The zero-order valence-corrected chi connectivity index (χ0v) is 22.6. The number of nitrogens with one attached hydrogen (secondary N) is 1. The summed E-state index contributed by atoms with van der Waals surface area (Å²) < 4.78 is 25.1. The Morgan fingerprint density at radius 1 is 0.923 bits per heavy atom. The van der Waals surface area contributed by atoms with Crippen LogP contribution in [0.1, 0.15) is 65.2 Å². The Morgan fingerprint density at radius 3 is 2.00 bits per heavy atom. The van der Waals surface area contributed by atoms with Crippen LogP contribution in [0.5, 0.6) is 0 Å². The van der Waals surface area contributed by atoms with E-state index in [9.17, 15) is 23.6 Å². The number of nitrogens with zero attached hydrogens (tertiary/aromatic N) is 1. The predicted octanol–water partition coefficient (Wildman–Crippen LogP) is 5.88. The van der Waals surface area contributed by atoms with Gasteiger partial charge in [0.15, 0.2) is 12.4 Å². The van der Waals surface area contributed by atoms with E-state index in [0.29, 0.717) is 11.0 Å². The van der Waals surface area contributed by atoms with Gasteiger partial charge >= 0.3 is 12.1 Å². The summed E-state index contributed by atoms with van der Waals surface area (Å²) in [6.07, 6.45) is 5.34. The van der Waals surface area contributed by atoms with Gasteiger partial charge in [0.2, 0.25) is 0 Å². The second kappa shape index (κ2) is 15.0. The molecule has 210 valence electrons. The summed E-state index contributed by atoms with van der Waals surface area (Å²) in [4.78, 5) is 49.8. The highest BCUT2D eigenvalue weighted by molar-refractivity contribution is 6.12. The van der Waals surface area contributed by atoms with Gasteiger partial charge in [-0.05, 0) is 37.8 Å². The van der Waals surface area contributed by atoms with E-state index < -0.39 is 49.5 Å². The first-order valence-electron chi connectivity index (χ1n) is 13.6. The molecular weight excluding hydrogens is 503 g/mol. The van der Waals surface area contributed by atoms with E-state index in [2.05, 4.69) is 19.2 Å². The first kappa shape index (κ1) is 29.8. The van der Waals surface area contributed by atoms with Gasteiger partial charge in [0, 0.05) is 10.8 Å². The van der Waals surface area contributed by atoms with Crippen LogP contribution in [0.25, 0.3) is 21.8 Å². The van der Waals surface area contributed by atoms with Crippen molar-refractivity contribution in [2.45, 2.75) is 77.4 Å². The van der Waals surface area contributed by atoms with Crippen LogP contribution in [-0.4, -0.2) is 53.7 Å². The molecule has 1 unspecified atom stereocenters. The molecule has 1 fully saturated rings. The van der Waals surface area contributed by atoms with Gasteiger partial charge in [-0.15, -0.1) is 0 Å². The molecule has 0 bridgehead atoms. The molecule has 0 radical (unpaired) electrons. The lowest BCUT2D eigenvalue weighted by atomic mass is 10.1. The van der Waals surface area contributed by atoms with E-state index in [4.69, 9.17) is 9.47 Å². The lowest BCUT2D eigenvalue weighted by Crippen LogP contribution is -2.45. The van der Waals surface area contributed by atoms with Crippen LogP contribution in [0.2, 0.25) is 0 Å². The molecular formula is C30H37FN2O6. The molecule has 1 aromatic heterocycles. The van der Waals surface area contributed by atoms with Gasteiger partial charge in [-0.3, -0.25) is 14.4 Å². The van der Waals surface area contributed by atoms with Crippen LogP contribution in [0.4, 0.5) is 9.18 Å². The Labute approximate surface area is 227 Å². The molecule has 3 aromatic rings. The van der Waals surface area contributed by atoms with Crippen LogP contribution in [0.3, 0.4) is 0 Å². The molecule has 1 amide bonds. The molecule has 8 nitrogen and oxygen atoms in total. The molecule has 1 aliphatic carbocycles. The fourth-order valence-electron chi connectivity index (χ4n) is 4.65. The average Bonchev–Trinajstić information content (AvgIpc) is 3.05. The summed E-state index contributed by atoms with van der Waals surface area (Å²) in [5.41, 5.74) is 1.24. The fraction of sp³-hybridized carbons (Fsp3) is 0.467. The van der Waals surface area contributed by atoms with E-state index in [-0.39, 0.29) is 6.10 Å². The van der Waals surface area contributed by atoms with E-state index in [1.807, 2.05) is 24.3 Å². The summed E-state index contributed by atoms with van der Waals surface area (Å²) in [6.45, 7) is 2.20. The van der Waals surface area contributed by atoms with Gasteiger partial charge < -0.3 is 14.8 Å². The maximum absolute atomic E-state index is 13.1. The number of aromatic nitrogens is 1. The lowest BCUT2D eigenvalue weighted by molar-refractivity contribution is -0.151. The number of amides is 1. The van der Waals surface area contributed by atoms with E-state index in [1.54, 1.807) is 24.3 Å². The molecule has 0 spiro atoms. The number of carbonyl (C=O) groups excluding carboxylic acids is 4. The molecule has 0 aliphatic heterocycles. The lowest BCUT2D eigenvalue weighted by Gasteiger charge is -2.19. The van der Waals surface area contributed by atoms with Crippen molar-refractivity contribution in [3.63, 3.8) is 0 Å². The van der Waals surface area contributed by atoms with Crippen LogP contribution >= 0.6 is 0 Å². The fourth-order valence-corrected chi connectivity index (χ4v) is 4.65. The average molecular weight is 541 g/mol. The first-order chi connectivity index (χ1) is 18.9. The number of fused-ring (bicyclic) bond motifs is 3. The zero-order chi connectivity index (χ0) is 28.2. The van der Waals surface area contributed by atoms with Crippen molar-refractivity contribution in [1.82, 2.24) is 9.88 Å². The normalized spacial score (nSPS) is 14.5.